The summed E-state index contributed by atoms with van der Waals surface area (Å²) in [4.78, 5) is 0. The Labute approximate surface area is 196 Å². The highest BCUT2D eigenvalue weighted by molar-refractivity contribution is 7.42. The molecular weight excluding hydrogens is 415 g/mol. The molecule has 1 aliphatic rings. The lowest BCUT2D eigenvalue weighted by Gasteiger charge is -2.33. The Hall–Kier alpha value is -1.57. The summed E-state index contributed by atoms with van der Waals surface area (Å²) >= 11 is 0. The van der Waals surface area contributed by atoms with E-state index in [1.807, 2.05) is 24.3 Å². The Balaban J connectivity index is 1.44. The number of fused-ring (bicyclic) bond motifs is 2. The summed E-state index contributed by atoms with van der Waals surface area (Å²) in [5, 5.41) is 0. The molecule has 0 bridgehead atoms. The van der Waals surface area contributed by atoms with E-state index in [0.717, 1.165) is 17.9 Å². The van der Waals surface area contributed by atoms with E-state index >= 15 is 0 Å². The first kappa shape index (κ1) is 25.1. The number of hydrogen-bond acceptors (Lipinski definition) is 3. The molecule has 2 aromatic carbocycles. The quantitative estimate of drug-likeness (QED) is 0.222. The summed E-state index contributed by atoms with van der Waals surface area (Å²) in [5.74, 6) is 1.72. The number of para-hydroxylation sites is 2. The van der Waals surface area contributed by atoms with E-state index in [4.69, 9.17) is 13.6 Å². The van der Waals surface area contributed by atoms with Gasteiger partial charge < -0.3 is 9.05 Å². The molecule has 32 heavy (non-hydrogen) atoms. The van der Waals surface area contributed by atoms with E-state index < -0.39 is 8.60 Å². The number of unbranched alkanes of at least 4 members (excludes halogenated alkanes) is 10. The van der Waals surface area contributed by atoms with Gasteiger partial charge in [-0.1, -0.05) is 121 Å². The van der Waals surface area contributed by atoms with Gasteiger partial charge >= 0.3 is 8.60 Å². The van der Waals surface area contributed by atoms with Gasteiger partial charge in [0.05, 0.1) is 6.61 Å². The average Bonchev–Trinajstić information content (AvgIpc) is 2.79. The Morgan fingerprint density at radius 3 is 1.59 bits per heavy atom. The third-order valence-electron chi connectivity index (χ3n) is 6.41. The lowest BCUT2D eigenvalue weighted by atomic mass is 9.77. The second-order valence-corrected chi connectivity index (χ2v) is 10.5. The molecule has 0 aromatic heterocycles. The van der Waals surface area contributed by atoms with Gasteiger partial charge in [0.1, 0.15) is 11.5 Å². The average molecular weight is 457 g/mol. The molecule has 0 fully saturated rings. The molecule has 0 N–H and O–H groups in total. The Kier molecular flexibility index (Phi) is 10.3. The molecule has 1 aliphatic heterocycles. The summed E-state index contributed by atoms with van der Waals surface area (Å²) in [6, 6.07) is 16.5. The molecule has 2 aromatic rings. The van der Waals surface area contributed by atoms with E-state index in [9.17, 15) is 0 Å². The normalized spacial score (nSPS) is 15.1. The maximum atomic E-state index is 6.25. The first-order valence-corrected chi connectivity index (χ1v) is 13.7. The predicted octanol–water partition coefficient (Wildman–Crippen LogP) is 9.34. The molecule has 0 radical (unpaired) electrons. The van der Waals surface area contributed by atoms with Gasteiger partial charge in [0.25, 0.3) is 0 Å². The second-order valence-electron chi connectivity index (χ2n) is 9.39. The fourth-order valence-corrected chi connectivity index (χ4v) is 5.47. The Morgan fingerprint density at radius 2 is 1.09 bits per heavy atom. The van der Waals surface area contributed by atoms with Crippen molar-refractivity contribution in [2.75, 3.05) is 6.61 Å². The van der Waals surface area contributed by atoms with Crippen molar-refractivity contribution in [3.63, 3.8) is 0 Å². The number of rotatable bonds is 13. The monoisotopic (exact) mass is 456 g/mol. The smallest absolute Gasteiger partial charge is 0.417 e. The highest BCUT2D eigenvalue weighted by Gasteiger charge is 2.34. The summed E-state index contributed by atoms with van der Waals surface area (Å²) in [6.07, 6.45) is 14.6. The lowest BCUT2D eigenvalue weighted by Crippen LogP contribution is -2.23. The minimum atomic E-state index is -1.47. The highest BCUT2D eigenvalue weighted by Crippen LogP contribution is 2.51. The predicted molar refractivity (Wildman–Crippen MR) is 136 cm³/mol. The number of benzene rings is 2. The van der Waals surface area contributed by atoms with Crippen LogP contribution in [0.15, 0.2) is 48.5 Å². The van der Waals surface area contributed by atoms with Crippen molar-refractivity contribution in [1.82, 2.24) is 0 Å². The molecule has 0 unspecified atom stereocenters. The SMILES string of the molecule is CCCCCCCCCCCCCOP1Oc2ccccc2C(C)(C)c2ccccc2O1. The van der Waals surface area contributed by atoms with E-state index in [1.54, 1.807) is 0 Å². The van der Waals surface area contributed by atoms with Crippen LogP contribution in [0.4, 0.5) is 0 Å². The van der Waals surface area contributed by atoms with Crippen LogP contribution in [0.2, 0.25) is 0 Å². The first-order chi connectivity index (χ1) is 15.6. The molecule has 0 atom stereocenters. The zero-order valence-electron chi connectivity index (χ0n) is 20.3. The van der Waals surface area contributed by atoms with Crippen LogP contribution in [-0.2, 0) is 9.94 Å². The standard InChI is InChI=1S/C28H41O3P/c1-4-5-6-7-8-9-10-11-12-13-18-23-29-32-30-26-21-16-14-19-24(26)28(2,3)25-20-15-17-22-27(25)31-32/h14-17,19-22H,4-13,18,23H2,1-3H3. The van der Waals surface area contributed by atoms with Crippen LogP contribution in [-0.4, -0.2) is 6.61 Å². The Morgan fingerprint density at radius 1 is 0.656 bits per heavy atom. The van der Waals surface area contributed by atoms with Gasteiger partial charge in [0, 0.05) is 16.5 Å². The van der Waals surface area contributed by atoms with Gasteiger partial charge in [-0.15, -0.1) is 0 Å². The molecule has 0 saturated heterocycles. The Bertz CT molecular complexity index is 753. The van der Waals surface area contributed by atoms with Gasteiger partial charge in [-0.2, -0.15) is 0 Å². The van der Waals surface area contributed by atoms with Crippen molar-refractivity contribution in [2.24, 2.45) is 0 Å². The molecule has 4 heteroatoms. The molecular formula is C28H41O3P. The van der Waals surface area contributed by atoms with Crippen LogP contribution in [0.3, 0.4) is 0 Å². The van der Waals surface area contributed by atoms with Crippen LogP contribution in [0.5, 0.6) is 11.5 Å². The van der Waals surface area contributed by atoms with Crippen LogP contribution in [0, 0.1) is 0 Å². The van der Waals surface area contributed by atoms with Crippen LogP contribution in [0.25, 0.3) is 0 Å². The minimum Gasteiger partial charge on any atom is -0.417 e. The summed E-state index contributed by atoms with van der Waals surface area (Å²) in [6.45, 7) is 7.39. The number of hydrogen-bond donors (Lipinski definition) is 0. The fourth-order valence-electron chi connectivity index (χ4n) is 4.41. The lowest BCUT2D eigenvalue weighted by molar-refractivity contribution is 0.253. The van der Waals surface area contributed by atoms with Crippen molar-refractivity contribution >= 4 is 8.60 Å². The second kappa shape index (κ2) is 13.2. The zero-order chi connectivity index (χ0) is 22.7. The molecule has 3 rings (SSSR count). The van der Waals surface area contributed by atoms with Crippen molar-refractivity contribution in [1.29, 1.82) is 0 Å². The van der Waals surface area contributed by atoms with Crippen molar-refractivity contribution < 1.29 is 13.6 Å². The van der Waals surface area contributed by atoms with E-state index in [-0.39, 0.29) is 5.41 Å². The largest absolute Gasteiger partial charge is 0.463 e. The maximum absolute atomic E-state index is 6.25. The first-order valence-electron chi connectivity index (χ1n) is 12.6. The van der Waals surface area contributed by atoms with E-state index in [2.05, 4.69) is 45.0 Å². The minimum absolute atomic E-state index is 0.204. The molecule has 0 amide bonds. The third-order valence-corrected chi connectivity index (χ3v) is 7.50. The van der Waals surface area contributed by atoms with Crippen LogP contribution < -0.4 is 9.05 Å². The van der Waals surface area contributed by atoms with Gasteiger partial charge in [-0.05, 0) is 18.6 Å². The third kappa shape index (κ3) is 7.22. The summed E-state index contributed by atoms with van der Waals surface area (Å²) in [5.41, 5.74) is 2.13. The van der Waals surface area contributed by atoms with E-state index in [0.29, 0.717) is 6.61 Å². The van der Waals surface area contributed by atoms with Crippen molar-refractivity contribution in [2.45, 2.75) is 96.8 Å². The fraction of sp³-hybridized carbons (Fsp3) is 0.571. The zero-order valence-corrected chi connectivity index (χ0v) is 21.2. The van der Waals surface area contributed by atoms with Crippen LogP contribution >= 0.6 is 8.60 Å². The highest BCUT2D eigenvalue weighted by atomic mass is 31.2. The molecule has 176 valence electrons. The van der Waals surface area contributed by atoms with Gasteiger partial charge in [-0.3, -0.25) is 4.52 Å². The molecule has 1 heterocycles. The van der Waals surface area contributed by atoms with Gasteiger partial charge in [0.2, 0.25) is 0 Å². The summed E-state index contributed by atoms with van der Waals surface area (Å²) in [7, 11) is -1.47. The van der Waals surface area contributed by atoms with Crippen molar-refractivity contribution in [3.8, 4) is 11.5 Å². The maximum Gasteiger partial charge on any atom is 0.463 e. The molecule has 0 aliphatic carbocycles. The van der Waals surface area contributed by atoms with E-state index in [1.165, 1.54) is 75.3 Å². The molecule has 0 saturated carbocycles. The van der Waals surface area contributed by atoms with Gasteiger partial charge in [0.15, 0.2) is 0 Å². The van der Waals surface area contributed by atoms with Crippen molar-refractivity contribution in [3.05, 3.63) is 59.7 Å². The summed E-state index contributed by atoms with van der Waals surface area (Å²) < 4.78 is 18.6. The topological polar surface area (TPSA) is 27.7 Å². The van der Waals surface area contributed by atoms with Gasteiger partial charge in [-0.25, -0.2) is 0 Å². The van der Waals surface area contributed by atoms with Crippen LogP contribution in [0.1, 0.15) is 103 Å². The molecule has 3 nitrogen and oxygen atoms in total. The molecule has 0 spiro atoms.